The van der Waals surface area contributed by atoms with Crippen LogP contribution in [-0.2, 0) is 14.8 Å². The van der Waals surface area contributed by atoms with E-state index in [0.717, 1.165) is 17.6 Å². The van der Waals surface area contributed by atoms with Crippen LogP contribution < -0.4 is 4.72 Å². The normalized spacial score (nSPS) is 15.5. The van der Waals surface area contributed by atoms with Gasteiger partial charge < -0.3 is 4.90 Å². The van der Waals surface area contributed by atoms with Crippen molar-refractivity contribution in [1.29, 1.82) is 0 Å². The number of carbonyl (C=O) groups excluding carboxylic acids is 1. The molecule has 1 heterocycles. The molecule has 1 aliphatic heterocycles. The summed E-state index contributed by atoms with van der Waals surface area (Å²) in [6.07, 6.45) is 2.72. The van der Waals surface area contributed by atoms with Crippen LogP contribution >= 0.6 is 11.6 Å². The molecule has 0 aliphatic carbocycles. The maximum atomic E-state index is 12.0. The Kier molecular flexibility index (Phi) is 5.61. The van der Waals surface area contributed by atoms with Crippen LogP contribution in [0.4, 0.5) is 0 Å². The van der Waals surface area contributed by atoms with Crippen LogP contribution in [0.5, 0.6) is 0 Å². The highest BCUT2D eigenvalue weighted by molar-refractivity contribution is 7.89. The van der Waals surface area contributed by atoms with E-state index in [9.17, 15) is 13.2 Å². The third-order valence-corrected chi connectivity index (χ3v) is 5.16. The smallest absolute Gasteiger partial charge is 0.237 e. The van der Waals surface area contributed by atoms with E-state index in [2.05, 4.69) is 4.72 Å². The molecule has 0 saturated carbocycles. The van der Waals surface area contributed by atoms with Crippen LogP contribution in [0.2, 0.25) is 5.02 Å². The molecule has 1 amide bonds. The summed E-state index contributed by atoms with van der Waals surface area (Å²) in [6, 6.07) is 7.62. The third kappa shape index (κ3) is 4.56. The van der Waals surface area contributed by atoms with Gasteiger partial charge in [0.1, 0.15) is 0 Å². The van der Waals surface area contributed by atoms with E-state index in [1.54, 1.807) is 4.90 Å². The Morgan fingerprint density at radius 1 is 1.41 bits per heavy atom. The highest BCUT2D eigenvalue weighted by Gasteiger charge is 2.19. The summed E-state index contributed by atoms with van der Waals surface area (Å²) in [7, 11) is -3.34. The largest absolute Gasteiger partial charge is 0.337 e. The van der Waals surface area contributed by atoms with E-state index in [1.165, 1.54) is 6.92 Å². The molecule has 1 aliphatic rings. The van der Waals surface area contributed by atoms with Gasteiger partial charge in [0.2, 0.25) is 15.9 Å². The van der Waals surface area contributed by atoms with Gasteiger partial charge in [0.25, 0.3) is 0 Å². The third-order valence-electron chi connectivity index (χ3n) is 3.58. The SMILES string of the molecule is CCS(=O)(=O)NCC(=O)N1CC=C(c2cccc(Cl)c2)CC1. The van der Waals surface area contributed by atoms with Crippen molar-refractivity contribution in [3.8, 4) is 0 Å². The molecule has 0 aromatic heterocycles. The lowest BCUT2D eigenvalue weighted by atomic mass is 9.99. The minimum Gasteiger partial charge on any atom is -0.337 e. The van der Waals surface area contributed by atoms with Crippen molar-refractivity contribution in [1.82, 2.24) is 9.62 Å². The van der Waals surface area contributed by atoms with Gasteiger partial charge in [0.05, 0.1) is 12.3 Å². The second kappa shape index (κ2) is 7.26. The first-order chi connectivity index (χ1) is 10.4. The average molecular weight is 343 g/mol. The van der Waals surface area contributed by atoms with Gasteiger partial charge in [0.15, 0.2) is 0 Å². The molecule has 0 atom stereocenters. The Hall–Kier alpha value is -1.37. The van der Waals surface area contributed by atoms with Crippen LogP contribution in [0.15, 0.2) is 30.3 Å². The number of nitrogens with one attached hydrogen (secondary N) is 1. The summed E-state index contributed by atoms with van der Waals surface area (Å²) >= 11 is 5.98. The van der Waals surface area contributed by atoms with E-state index in [4.69, 9.17) is 11.6 Å². The number of hydrogen-bond donors (Lipinski definition) is 1. The van der Waals surface area contributed by atoms with Crippen LogP contribution in [0.25, 0.3) is 5.57 Å². The molecule has 0 bridgehead atoms. The quantitative estimate of drug-likeness (QED) is 0.888. The van der Waals surface area contributed by atoms with Crippen molar-refractivity contribution in [2.75, 3.05) is 25.4 Å². The number of benzene rings is 1. The Balaban J connectivity index is 1.95. The van der Waals surface area contributed by atoms with Gasteiger partial charge in [-0.3, -0.25) is 4.79 Å². The van der Waals surface area contributed by atoms with Gasteiger partial charge >= 0.3 is 0 Å². The number of halogens is 1. The molecular weight excluding hydrogens is 324 g/mol. The second-order valence-corrected chi connectivity index (χ2v) is 7.59. The molecule has 1 aromatic carbocycles. The minimum absolute atomic E-state index is 0.0287. The summed E-state index contributed by atoms with van der Waals surface area (Å²) < 4.78 is 25.0. The zero-order valence-electron chi connectivity index (χ0n) is 12.4. The predicted molar refractivity (Wildman–Crippen MR) is 88.1 cm³/mol. The number of sulfonamides is 1. The number of nitrogens with zero attached hydrogens (tertiary/aromatic N) is 1. The number of carbonyl (C=O) groups is 1. The lowest BCUT2D eigenvalue weighted by Crippen LogP contribution is -2.42. The molecular formula is C15H19ClN2O3S. The first kappa shape index (κ1) is 17.0. The van der Waals surface area contributed by atoms with Crippen molar-refractivity contribution < 1.29 is 13.2 Å². The van der Waals surface area contributed by atoms with E-state index in [0.29, 0.717) is 18.1 Å². The molecule has 7 heteroatoms. The molecule has 0 saturated heterocycles. The standard InChI is InChI=1S/C15H19ClN2O3S/c1-2-22(20,21)17-11-15(19)18-8-6-12(7-9-18)13-4-3-5-14(16)10-13/h3-6,10,17H,2,7-9,11H2,1H3. The molecule has 0 spiro atoms. The van der Waals surface area contributed by atoms with Crippen molar-refractivity contribution in [3.63, 3.8) is 0 Å². The molecule has 2 rings (SSSR count). The van der Waals surface area contributed by atoms with Gasteiger partial charge in [0, 0.05) is 18.1 Å². The fourth-order valence-corrected chi connectivity index (χ4v) is 2.97. The average Bonchev–Trinajstić information content (AvgIpc) is 2.53. The van der Waals surface area contributed by atoms with Gasteiger partial charge in [-0.05, 0) is 36.6 Å². The Morgan fingerprint density at radius 2 is 2.18 bits per heavy atom. The number of rotatable bonds is 5. The molecule has 0 unspecified atom stereocenters. The summed E-state index contributed by atoms with van der Waals surface area (Å²) in [6.45, 7) is 2.41. The first-order valence-electron chi connectivity index (χ1n) is 7.11. The van der Waals surface area contributed by atoms with Gasteiger partial charge in [-0.25, -0.2) is 13.1 Å². The van der Waals surface area contributed by atoms with Crippen LogP contribution in [0, 0.1) is 0 Å². The number of amides is 1. The predicted octanol–water partition coefficient (Wildman–Crippen LogP) is 1.90. The van der Waals surface area contributed by atoms with Crippen molar-refractivity contribution >= 4 is 33.1 Å². The Bertz CT molecular complexity index is 686. The van der Waals surface area contributed by atoms with E-state index in [-0.39, 0.29) is 18.2 Å². The topological polar surface area (TPSA) is 66.5 Å². The van der Waals surface area contributed by atoms with E-state index in [1.807, 2.05) is 30.3 Å². The van der Waals surface area contributed by atoms with E-state index < -0.39 is 10.0 Å². The van der Waals surface area contributed by atoms with Gasteiger partial charge in [-0.1, -0.05) is 29.8 Å². The lowest BCUT2D eigenvalue weighted by molar-refractivity contribution is -0.129. The molecule has 120 valence electrons. The summed E-state index contributed by atoms with van der Waals surface area (Å²) in [5, 5.41) is 0.686. The fraction of sp³-hybridized carbons (Fsp3) is 0.400. The van der Waals surface area contributed by atoms with Gasteiger partial charge in [-0.15, -0.1) is 0 Å². The van der Waals surface area contributed by atoms with Crippen molar-refractivity contribution in [3.05, 3.63) is 40.9 Å². The molecule has 22 heavy (non-hydrogen) atoms. The zero-order valence-corrected chi connectivity index (χ0v) is 14.0. The van der Waals surface area contributed by atoms with Gasteiger partial charge in [-0.2, -0.15) is 0 Å². The fourth-order valence-electron chi connectivity index (χ4n) is 2.23. The summed E-state index contributed by atoms with van der Waals surface area (Å²) in [4.78, 5) is 13.7. The second-order valence-electron chi connectivity index (χ2n) is 5.05. The maximum Gasteiger partial charge on any atom is 0.237 e. The molecule has 5 nitrogen and oxygen atoms in total. The number of hydrogen-bond acceptors (Lipinski definition) is 3. The van der Waals surface area contributed by atoms with Crippen LogP contribution in [-0.4, -0.2) is 44.6 Å². The van der Waals surface area contributed by atoms with Crippen molar-refractivity contribution in [2.45, 2.75) is 13.3 Å². The molecule has 1 aromatic rings. The van der Waals surface area contributed by atoms with Crippen LogP contribution in [0.1, 0.15) is 18.9 Å². The Morgan fingerprint density at radius 3 is 2.77 bits per heavy atom. The summed E-state index contributed by atoms with van der Waals surface area (Å²) in [5.41, 5.74) is 2.21. The highest BCUT2D eigenvalue weighted by Crippen LogP contribution is 2.24. The molecule has 0 radical (unpaired) electrons. The van der Waals surface area contributed by atoms with Crippen LogP contribution in [0.3, 0.4) is 0 Å². The minimum atomic E-state index is -3.34. The first-order valence-corrected chi connectivity index (χ1v) is 9.14. The monoisotopic (exact) mass is 342 g/mol. The Labute approximate surface area is 136 Å². The van der Waals surface area contributed by atoms with Crippen molar-refractivity contribution in [2.24, 2.45) is 0 Å². The highest BCUT2D eigenvalue weighted by atomic mass is 35.5. The molecule has 1 N–H and O–H groups in total. The summed E-state index contributed by atoms with van der Waals surface area (Å²) in [5.74, 6) is -0.238. The lowest BCUT2D eigenvalue weighted by Gasteiger charge is -2.26. The zero-order chi connectivity index (χ0) is 16.2. The van der Waals surface area contributed by atoms with E-state index >= 15 is 0 Å². The molecule has 0 fully saturated rings. The maximum absolute atomic E-state index is 12.0.